The molecule has 11 aromatic rings. The maximum Gasteiger partial charge on any atom is 0.255 e. The first-order valence-electron chi connectivity index (χ1n) is 18.2. The van der Waals surface area contributed by atoms with E-state index in [2.05, 4.69) is 175 Å². The Labute approximate surface area is 304 Å². The Morgan fingerprint density at radius 1 is 0.396 bits per heavy atom. The van der Waals surface area contributed by atoms with Crippen LogP contribution in [0, 0.1) is 0 Å². The van der Waals surface area contributed by atoms with E-state index in [0.717, 1.165) is 49.4 Å². The number of hydrogen-bond donors (Lipinski definition) is 0. The van der Waals surface area contributed by atoms with Crippen molar-refractivity contribution in [3.05, 3.63) is 163 Å². The minimum atomic E-state index is -0.150. The molecule has 0 N–H and O–H groups in total. The van der Waals surface area contributed by atoms with E-state index in [9.17, 15) is 0 Å². The van der Waals surface area contributed by atoms with E-state index in [1.165, 1.54) is 54.7 Å². The molecule has 5 nitrogen and oxygen atoms in total. The van der Waals surface area contributed by atoms with Gasteiger partial charge in [-0.2, -0.15) is 0 Å². The Bertz CT molecular complexity index is 3310. The summed E-state index contributed by atoms with van der Waals surface area (Å²) < 4.78 is 4.55. The van der Waals surface area contributed by atoms with Gasteiger partial charge in [-0.25, -0.2) is 4.98 Å². The van der Waals surface area contributed by atoms with Crippen LogP contribution in [0.4, 0.5) is 0 Å². The molecule has 0 radical (unpaired) electrons. The fourth-order valence-corrected chi connectivity index (χ4v) is 9.37. The van der Waals surface area contributed by atoms with Crippen LogP contribution >= 0.6 is 0 Å². The molecule has 12 rings (SSSR count). The van der Waals surface area contributed by atoms with Gasteiger partial charge >= 0.3 is 0 Å². The highest BCUT2D eigenvalue weighted by molar-refractivity contribution is 6.28. The van der Waals surface area contributed by atoms with Crippen molar-refractivity contribution in [2.75, 3.05) is 0 Å². The summed E-state index contributed by atoms with van der Waals surface area (Å²) in [7, 11) is 0. The van der Waals surface area contributed by atoms with Gasteiger partial charge in [0.05, 0.1) is 22.1 Å². The van der Waals surface area contributed by atoms with E-state index in [0.29, 0.717) is 5.95 Å². The van der Waals surface area contributed by atoms with Crippen LogP contribution in [0.1, 0.15) is 25.0 Å². The second-order valence-electron chi connectivity index (χ2n) is 14.9. The van der Waals surface area contributed by atoms with E-state index >= 15 is 0 Å². The van der Waals surface area contributed by atoms with Gasteiger partial charge in [-0.3, -0.25) is 4.57 Å². The molecule has 8 aromatic carbocycles. The molecular weight excluding hydrogens is 647 g/mol. The van der Waals surface area contributed by atoms with Crippen LogP contribution in [0.15, 0.2) is 152 Å². The molecule has 0 atom stereocenters. The monoisotopic (exact) mass is 677 g/mol. The van der Waals surface area contributed by atoms with Crippen LogP contribution in [-0.4, -0.2) is 24.3 Å². The Morgan fingerprint density at radius 3 is 1.72 bits per heavy atom. The molecule has 1 aliphatic rings. The highest BCUT2D eigenvalue weighted by Gasteiger charge is 2.36. The fourth-order valence-electron chi connectivity index (χ4n) is 9.37. The maximum absolute atomic E-state index is 5.49. The van der Waals surface area contributed by atoms with Crippen molar-refractivity contribution in [1.82, 2.24) is 24.3 Å². The van der Waals surface area contributed by atoms with E-state index < -0.39 is 0 Å². The second kappa shape index (κ2) is 10.1. The predicted octanol–water partition coefficient (Wildman–Crippen LogP) is 11.8. The minimum absolute atomic E-state index is 0.150. The molecule has 5 heteroatoms. The van der Waals surface area contributed by atoms with E-state index in [4.69, 9.17) is 15.2 Å². The topological polar surface area (TPSA) is 48.5 Å². The van der Waals surface area contributed by atoms with Gasteiger partial charge in [0, 0.05) is 43.4 Å². The quantitative estimate of drug-likeness (QED) is 0.171. The van der Waals surface area contributed by atoms with Crippen molar-refractivity contribution in [3.8, 4) is 22.8 Å². The van der Waals surface area contributed by atoms with Crippen molar-refractivity contribution in [1.29, 1.82) is 0 Å². The van der Waals surface area contributed by atoms with Crippen molar-refractivity contribution in [2.24, 2.45) is 0 Å². The van der Waals surface area contributed by atoms with E-state index in [1.807, 2.05) is 0 Å². The number of benzene rings is 8. The average Bonchev–Trinajstić information content (AvgIpc) is 3.80. The summed E-state index contributed by atoms with van der Waals surface area (Å²) in [4.78, 5) is 5.49. The number of para-hydroxylation sites is 4. The second-order valence-corrected chi connectivity index (χ2v) is 14.9. The van der Waals surface area contributed by atoms with Crippen LogP contribution in [0.3, 0.4) is 0 Å². The molecule has 0 amide bonds. The van der Waals surface area contributed by atoms with Crippen molar-refractivity contribution < 1.29 is 0 Å². The zero-order valence-corrected chi connectivity index (χ0v) is 29.2. The van der Waals surface area contributed by atoms with Gasteiger partial charge in [-0.1, -0.05) is 111 Å². The summed E-state index contributed by atoms with van der Waals surface area (Å²) in [5, 5.41) is 19.2. The molecule has 3 heterocycles. The lowest BCUT2D eigenvalue weighted by molar-refractivity contribution is 0.661. The lowest BCUT2D eigenvalue weighted by Gasteiger charge is -2.22. The third-order valence-corrected chi connectivity index (χ3v) is 11.8. The molecule has 0 aliphatic heterocycles. The van der Waals surface area contributed by atoms with Crippen LogP contribution in [0.5, 0.6) is 0 Å². The highest BCUT2D eigenvalue weighted by Crippen LogP contribution is 2.51. The minimum Gasteiger partial charge on any atom is -0.309 e. The van der Waals surface area contributed by atoms with E-state index in [-0.39, 0.29) is 5.41 Å². The smallest absolute Gasteiger partial charge is 0.255 e. The number of hydrogen-bond acceptors (Lipinski definition) is 3. The molecule has 0 fully saturated rings. The molecule has 0 spiro atoms. The summed E-state index contributed by atoms with van der Waals surface area (Å²) in [5.74, 6) is 0.568. The Morgan fingerprint density at radius 2 is 0.981 bits per heavy atom. The largest absolute Gasteiger partial charge is 0.309 e. The predicted molar refractivity (Wildman–Crippen MR) is 219 cm³/mol. The van der Waals surface area contributed by atoms with Gasteiger partial charge in [-0.15, -0.1) is 10.2 Å². The normalized spacial score (nSPS) is 13.6. The first-order valence-corrected chi connectivity index (χ1v) is 18.2. The molecule has 53 heavy (non-hydrogen) atoms. The van der Waals surface area contributed by atoms with E-state index in [1.54, 1.807) is 0 Å². The Kier molecular flexibility index (Phi) is 5.51. The zero-order valence-electron chi connectivity index (χ0n) is 29.2. The number of aromatic nitrogens is 5. The summed E-state index contributed by atoms with van der Waals surface area (Å²) in [6.07, 6.45) is 0. The lowest BCUT2D eigenvalue weighted by Crippen LogP contribution is -2.14. The molecule has 0 bridgehead atoms. The van der Waals surface area contributed by atoms with Gasteiger partial charge in [0.2, 0.25) is 0 Å². The summed E-state index contributed by atoms with van der Waals surface area (Å²) in [6.45, 7) is 4.70. The van der Waals surface area contributed by atoms with Crippen molar-refractivity contribution in [2.45, 2.75) is 19.3 Å². The molecule has 248 valence electrons. The molecule has 1 aliphatic carbocycles. The molecule has 0 saturated heterocycles. The van der Waals surface area contributed by atoms with Gasteiger partial charge in [0.1, 0.15) is 11.0 Å². The lowest BCUT2D eigenvalue weighted by atomic mass is 9.81. The summed E-state index contributed by atoms with van der Waals surface area (Å²) in [6, 6.07) is 54.7. The molecule has 0 saturated carbocycles. The van der Waals surface area contributed by atoms with Gasteiger partial charge in [-0.05, 0) is 87.6 Å². The van der Waals surface area contributed by atoms with Crippen LogP contribution in [0.2, 0.25) is 0 Å². The molecule has 0 unspecified atom stereocenters. The molecule has 3 aromatic heterocycles. The summed E-state index contributed by atoms with van der Waals surface area (Å²) in [5.41, 5.74) is 12.3. The number of fused-ring (bicyclic) bond motifs is 15. The average molecular weight is 678 g/mol. The zero-order chi connectivity index (χ0) is 35.0. The van der Waals surface area contributed by atoms with Crippen molar-refractivity contribution >= 4 is 76.2 Å². The molecular formula is C48H31N5. The summed E-state index contributed by atoms with van der Waals surface area (Å²) >= 11 is 0. The van der Waals surface area contributed by atoms with Gasteiger partial charge in [0.25, 0.3) is 5.95 Å². The Hall–Kier alpha value is -6.85. The fraction of sp³-hybridized carbons (Fsp3) is 0.0625. The SMILES string of the molecule is CC1(C)c2ccccc2-c2cc3c(cc21)c1cc2c(cc1c1nnc(-n4c5ccccc5c5ccccc54)nc31)c1ccccc1n2-c1ccccc1. The standard InChI is InChI=1S/C48H31N5/c1-48(2)39-20-10-6-16-29(39)35-24-37-33(26-40(35)48)34-27-44-36(32-19-9-11-21-41(32)52(44)28-14-4-3-5-15-28)25-38(34)46-45(37)49-47(51-50-46)53-42-22-12-7-17-30(42)31-18-8-13-23-43(31)53/h3-27H,1-2H3. The Balaban J connectivity index is 1.26. The highest BCUT2D eigenvalue weighted by atomic mass is 15.3. The van der Waals surface area contributed by atoms with Crippen LogP contribution < -0.4 is 0 Å². The van der Waals surface area contributed by atoms with Crippen LogP contribution in [-0.2, 0) is 5.41 Å². The van der Waals surface area contributed by atoms with Crippen molar-refractivity contribution in [3.63, 3.8) is 0 Å². The maximum atomic E-state index is 5.49. The third-order valence-electron chi connectivity index (χ3n) is 11.8. The van der Waals surface area contributed by atoms with Gasteiger partial charge in [0.15, 0.2) is 0 Å². The number of nitrogens with zero attached hydrogens (tertiary/aromatic N) is 5. The van der Waals surface area contributed by atoms with Crippen LogP contribution in [0.25, 0.3) is 99.0 Å². The van der Waals surface area contributed by atoms with Gasteiger partial charge < -0.3 is 4.57 Å². The third kappa shape index (κ3) is 3.73. The number of rotatable bonds is 2. The first-order chi connectivity index (χ1) is 26.1. The first kappa shape index (κ1) is 28.8.